The molecular weight excluding hydrogens is 222 g/mol. The van der Waals surface area contributed by atoms with Gasteiger partial charge in [-0.2, -0.15) is 0 Å². The van der Waals surface area contributed by atoms with E-state index in [2.05, 4.69) is 28.9 Å². The van der Waals surface area contributed by atoms with Gasteiger partial charge >= 0.3 is 0 Å². The lowest BCUT2D eigenvalue weighted by molar-refractivity contribution is 0.325. The normalized spacial score (nSPS) is 18.9. The molecule has 1 unspecified atom stereocenters. The summed E-state index contributed by atoms with van der Waals surface area (Å²) in [5.41, 5.74) is 7.33. The number of nitrogens with two attached hydrogens (primary N) is 1. The van der Waals surface area contributed by atoms with Gasteiger partial charge in [0.15, 0.2) is 0 Å². The summed E-state index contributed by atoms with van der Waals surface area (Å²) in [7, 11) is 0. The lowest BCUT2D eigenvalue weighted by atomic mass is 9.87. The summed E-state index contributed by atoms with van der Waals surface area (Å²) in [5.74, 6) is 1.82. The van der Waals surface area contributed by atoms with Gasteiger partial charge in [-0.25, -0.2) is 4.98 Å². The molecule has 0 saturated carbocycles. The molecule has 3 heteroatoms. The molecule has 1 aliphatic rings. The molecule has 2 rings (SSSR count). The van der Waals surface area contributed by atoms with Crippen LogP contribution in [0.5, 0.6) is 0 Å². The molecule has 3 nitrogen and oxygen atoms in total. The number of pyridine rings is 1. The summed E-state index contributed by atoms with van der Waals surface area (Å²) >= 11 is 0. The first-order valence-corrected chi connectivity index (χ1v) is 7.15. The second kappa shape index (κ2) is 6.19. The van der Waals surface area contributed by atoms with Crippen LogP contribution in [0.1, 0.15) is 38.3 Å². The lowest BCUT2D eigenvalue weighted by Gasteiger charge is -2.35. The zero-order valence-corrected chi connectivity index (χ0v) is 11.6. The van der Waals surface area contributed by atoms with Crippen molar-refractivity contribution < 1.29 is 0 Å². The van der Waals surface area contributed by atoms with E-state index in [-0.39, 0.29) is 0 Å². The highest BCUT2D eigenvalue weighted by Crippen LogP contribution is 2.25. The Morgan fingerprint density at radius 3 is 2.72 bits per heavy atom. The third-order valence-electron chi connectivity index (χ3n) is 3.96. The third-order valence-corrected chi connectivity index (χ3v) is 3.96. The molecule has 1 fully saturated rings. The highest BCUT2D eigenvalue weighted by molar-refractivity contribution is 5.39. The fourth-order valence-electron chi connectivity index (χ4n) is 2.83. The fraction of sp³-hybridized carbons (Fsp3) is 0.667. The highest BCUT2D eigenvalue weighted by atomic mass is 15.2. The molecule has 0 aromatic carbocycles. The SMILES string of the molecule is CCCC(N)C1CCN(c2cccc(C)n2)CC1. The molecule has 0 radical (unpaired) electrons. The van der Waals surface area contributed by atoms with Gasteiger partial charge in [0.1, 0.15) is 5.82 Å². The van der Waals surface area contributed by atoms with Crippen molar-refractivity contribution in [1.82, 2.24) is 4.98 Å². The molecule has 0 bridgehead atoms. The smallest absolute Gasteiger partial charge is 0.128 e. The molecule has 100 valence electrons. The Kier molecular flexibility index (Phi) is 4.59. The molecule has 0 amide bonds. The minimum Gasteiger partial charge on any atom is -0.357 e. The van der Waals surface area contributed by atoms with Crippen LogP contribution in [-0.2, 0) is 0 Å². The van der Waals surface area contributed by atoms with E-state index in [1.807, 2.05) is 13.0 Å². The van der Waals surface area contributed by atoms with Crippen molar-refractivity contribution in [1.29, 1.82) is 0 Å². The van der Waals surface area contributed by atoms with Gasteiger partial charge in [0.05, 0.1) is 0 Å². The minimum absolute atomic E-state index is 0.391. The van der Waals surface area contributed by atoms with Crippen LogP contribution in [0.15, 0.2) is 18.2 Å². The predicted molar refractivity (Wildman–Crippen MR) is 76.8 cm³/mol. The summed E-state index contributed by atoms with van der Waals surface area (Å²) in [6, 6.07) is 6.64. The Balaban J connectivity index is 1.90. The van der Waals surface area contributed by atoms with Gasteiger partial charge in [-0.1, -0.05) is 19.4 Å². The zero-order chi connectivity index (χ0) is 13.0. The van der Waals surface area contributed by atoms with E-state index in [0.717, 1.165) is 31.0 Å². The van der Waals surface area contributed by atoms with Crippen molar-refractivity contribution in [2.75, 3.05) is 18.0 Å². The Hall–Kier alpha value is -1.09. The zero-order valence-electron chi connectivity index (χ0n) is 11.6. The molecule has 18 heavy (non-hydrogen) atoms. The molecule has 2 N–H and O–H groups in total. The quantitative estimate of drug-likeness (QED) is 0.889. The Bertz CT molecular complexity index is 370. The van der Waals surface area contributed by atoms with Crippen LogP contribution in [0.2, 0.25) is 0 Å². The minimum atomic E-state index is 0.391. The van der Waals surface area contributed by atoms with Crippen LogP contribution in [0.3, 0.4) is 0 Å². The van der Waals surface area contributed by atoms with Crippen LogP contribution < -0.4 is 10.6 Å². The molecular formula is C15H25N3. The van der Waals surface area contributed by atoms with Crippen molar-refractivity contribution in [3.8, 4) is 0 Å². The number of hydrogen-bond donors (Lipinski definition) is 1. The molecule has 0 aliphatic carbocycles. The number of aromatic nitrogens is 1. The lowest BCUT2D eigenvalue weighted by Crippen LogP contribution is -2.41. The van der Waals surface area contributed by atoms with Crippen molar-refractivity contribution in [2.45, 2.75) is 45.6 Å². The maximum atomic E-state index is 6.23. The first kappa shape index (κ1) is 13.3. The molecule has 2 heterocycles. The number of nitrogens with zero attached hydrogens (tertiary/aromatic N) is 2. The number of aryl methyl sites for hydroxylation is 1. The standard InChI is InChI=1S/C15H25N3/c1-3-5-14(16)13-8-10-18(11-9-13)15-7-4-6-12(2)17-15/h4,6-7,13-14H,3,5,8-11,16H2,1-2H3. The van der Waals surface area contributed by atoms with Gasteiger partial charge in [0.2, 0.25) is 0 Å². The number of piperidine rings is 1. The third kappa shape index (κ3) is 3.22. The average Bonchev–Trinajstić information content (AvgIpc) is 2.39. The summed E-state index contributed by atoms with van der Waals surface area (Å²) < 4.78 is 0. The topological polar surface area (TPSA) is 42.1 Å². The first-order valence-electron chi connectivity index (χ1n) is 7.15. The highest BCUT2D eigenvalue weighted by Gasteiger charge is 2.24. The van der Waals surface area contributed by atoms with Crippen LogP contribution >= 0.6 is 0 Å². The second-order valence-electron chi connectivity index (χ2n) is 5.41. The van der Waals surface area contributed by atoms with Crippen LogP contribution in [0.25, 0.3) is 0 Å². The van der Waals surface area contributed by atoms with E-state index < -0.39 is 0 Å². The molecule has 1 saturated heterocycles. The molecule has 1 atom stereocenters. The van der Waals surface area contributed by atoms with Gasteiger partial charge in [-0.3, -0.25) is 0 Å². The number of anilines is 1. The molecule has 1 aromatic heterocycles. The maximum Gasteiger partial charge on any atom is 0.128 e. The Morgan fingerprint density at radius 2 is 2.11 bits per heavy atom. The van der Waals surface area contributed by atoms with Crippen molar-refractivity contribution in [3.05, 3.63) is 23.9 Å². The van der Waals surface area contributed by atoms with Crippen LogP contribution in [0, 0.1) is 12.8 Å². The Morgan fingerprint density at radius 1 is 1.39 bits per heavy atom. The molecule has 1 aliphatic heterocycles. The molecule has 0 spiro atoms. The number of hydrogen-bond acceptors (Lipinski definition) is 3. The Labute approximate surface area is 110 Å². The second-order valence-corrected chi connectivity index (χ2v) is 5.41. The number of rotatable bonds is 4. The van der Waals surface area contributed by atoms with Gasteiger partial charge in [0, 0.05) is 24.8 Å². The largest absolute Gasteiger partial charge is 0.357 e. The summed E-state index contributed by atoms with van der Waals surface area (Å²) in [5, 5.41) is 0. The van der Waals surface area contributed by atoms with Crippen molar-refractivity contribution in [2.24, 2.45) is 11.7 Å². The summed E-state index contributed by atoms with van der Waals surface area (Å²) in [6.07, 6.45) is 4.77. The monoisotopic (exact) mass is 247 g/mol. The van der Waals surface area contributed by atoms with Crippen LogP contribution in [-0.4, -0.2) is 24.1 Å². The van der Waals surface area contributed by atoms with Gasteiger partial charge in [0.25, 0.3) is 0 Å². The van der Waals surface area contributed by atoms with Crippen molar-refractivity contribution >= 4 is 5.82 Å². The van der Waals surface area contributed by atoms with E-state index in [4.69, 9.17) is 5.73 Å². The maximum absolute atomic E-state index is 6.23. The summed E-state index contributed by atoms with van der Waals surface area (Å²) in [6.45, 7) is 6.45. The first-order chi connectivity index (χ1) is 8.70. The average molecular weight is 247 g/mol. The van der Waals surface area contributed by atoms with E-state index in [1.165, 1.54) is 19.3 Å². The van der Waals surface area contributed by atoms with Crippen molar-refractivity contribution in [3.63, 3.8) is 0 Å². The van der Waals surface area contributed by atoms with E-state index in [0.29, 0.717) is 12.0 Å². The van der Waals surface area contributed by atoms with E-state index in [9.17, 15) is 0 Å². The van der Waals surface area contributed by atoms with Gasteiger partial charge in [-0.05, 0) is 44.2 Å². The van der Waals surface area contributed by atoms with Crippen LogP contribution in [0.4, 0.5) is 5.82 Å². The van der Waals surface area contributed by atoms with E-state index >= 15 is 0 Å². The predicted octanol–water partition coefficient (Wildman–Crippen LogP) is 2.73. The summed E-state index contributed by atoms with van der Waals surface area (Å²) in [4.78, 5) is 6.99. The van der Waals surface area contributed by atoms with Gasteiger partial charge < -0.3 is 10.6 Å². The molecule has 1 aromatic rings. The van der Waals surface area contributed by atoms with E-state index in [1.54, 1.807) is 0 Å². The van der Waals surface area contributed by atoms with Gasteiger partial charge in [-0.15, -0.1) is 0 Å². The fourth-order valence-corrected chi connectivity index (χ4v) is 2.83.